The minimum atomic E-state index is -5.02. The summed E-state index contributed by atoms with van der Waals surface area (Å²) in [6.45, 7) is 4.81. The molecule has 1 aliphatic carbocycles. The summed E-state index contributed by atoms with van der Waals surface area (Å²) in [7, 11) is 0. The smallest absolute Gasteiger partial charge is 0.416 e. The highest BCUT2D eigenvalue weighted by Gasteiger charge is 2.37. The second-order valence-electron chi connectivity index (χ2n) is 9.07. The van der Waals surface area contributed by atoms with E-state index in [4.69, 9.17) is 4.74 Å². The van der Waals surface area contributed by atoms with Crippen LogP contribution in [0.25, 0.3) is 0 Å². The van der Waals surface area contributed by atoms with Crippen LogP contribution in [-0.2, 0) is 31.7 Å². The molecule has 0 saturated heterocycles. The maximum Gasteiger partial charge on any atom is 0.416 e. The molecule has 0 fully saturated rings. The van der Waals surface area contributed by atoms with E-state index in [2.05, 4.69) is 0 Å². The minimum absolute atomic E-state index is 0.0279. The zero-order valence-corrected chi connectivity index (χ0v) is 20.3. The standard InChI is InChI=1S/C26H29F6NO3/c1-4-21(5-2)36-23-12-18-8-6-7-17(18)11-22(23)15(3)33(24(34)35)14-16-9-19(25(27,28)29)13-20(10-16)26(30,31)32/h9-13,15,21H,4-8,14H2,1-3H3,(H,34,35). The van der Waals surface area contributed by atoms with Gasteiger partial charge in [-0.2, -0.15) is 26.3 Å². The number of carbonyl (C=O) groups is 1. The van der Waals surface area contributed by atoms with E-state index >= 15 is 0 Å². The Hall–Kier alpha value is -2.91. The number of fused-ring (bicyclic) bond motifs is 1. The fourth-order valence-electron chi connectivity index (χ4n) is 4.53. The largest absolute Gasteiger partial charge is 0.490 e. The molecule has 3 rings (SSSR count). The molecule has 0 saturated carbocycles. The van der Waals surface area contributed by atoms with Crippen LogP contribution < -0.4 is 4.74 Å². The number of rotatable bonds is 8. The highest BCUT2D eigenvalue weighted by atomic mass is 19.4. The van der Waals surface area contributed by atoms with E-state index in [0.29, 0.717) is 36.3 Å². The number of hydrogen-bond donors (Lipinski definition) is 1. The first kappa shape index (κ1) is 27.7. The third-order valence-electron chi connectivity index (χ3n) is 6.59. The van der Waals surface area contributed by atoms with Gasteiger partial charge in [0.1, 0.15) is 5.75 Å². The van der Waals surface area contributed by atoms with Crippen LogP contribution in [-0.4, -0.2) is 22.2 Å². The Morgan fingerprint density at radius 2 is 1.47 bits per heavy atom. The van der Waals surface area contributed by atoms with Crippen LogP contribution in [0.15, 0.2) is 30.3 Å². The number of carboxylic acid groups (broad SMARTS) is 1. The van der Waals surface area contributed by atoms with Crippen molar-refractivity contribution in [3.63, 3.8) is 0 Å². The highest BCUT2D eigenvalue weighted by Crippen LogP contribution is 2.39. The summed E-state index contributed by atoms with van der Waals surface area (Å²) in [5, 5.41) is 9.92. The Morgan fingerprint density at radius 3 is 1.94 bits per heavy atom. The second kappa shape index (κ2) is 10.6. The molecule has 0 bridgehead atoms. The molecule has 36 heavy (non-hydrogen) atoms. The lowest BCUT2D eigenvalue weighted by molar-refractivity contribution is -0.143. The van der Waals surface area contributed by atoms with Crippen molar-refractivity contribution in [2.45, 2.75) is 83.9 Å². The number of benzene rings is 2. The maximum absolute atomic E-state index is 13.3. The van der Waals surface area contributed by atoms with Gasteiger partial charge in [-0.3, -0.25) is 4.90 Å². The van der Waals surface area contributed by atoms with Gasteiger partial charge in [-0.15, -0.1) is 0 Å². The van der Waals surface area contributed by atoms with Gasteiger partial charge >= 0.3 is 18.4 Å². The Labute approximate surface area is 205 Å². The van der Waals surface area contributed by atoms with Crippen LogP contribution in [0.3, 0.4) is 0 Å². The summed E-state index contributed by atoms with van der Waals surface area (Å²) in [5.41, 5.74) is -0.705. The van der Waals surface area contributed by atoms with Gasteiger partial charge in [-0.05, 0) is 86.1 Å². The molecule has 10 heteroatoms. The van der Waals surface area contributed by atoms with E-state index in [1.807, 2.05) is 26.0 Å². The molecule has 1 amide bonds. The first-order chi connectivity index (χ1) is 16.7. The number of nitrogens with zero attached hydrogens (tertiary/aromatic N) is 1. The van der Waals surface area contributed by atoms with Crippen molar-refractivity contribution in [1.29, 1.82) is 0 Å². The highest BCUT2D eigenvalue weighted by molar-refractivity contribution is 5.66. The number of ether oxygens (including phenoxy) is 1. The molecule has 0 radical (unpaired) electrons. The van der Waals surface area contributed by atoms with Crippen molar-refractivity contribution in [2.24, 2.45) is 0 Å². The van der Waals surface area contributed by atoms with Gasteiger partial charge in [0.15, 0.2) is 0 Å². The molecule has 1 aliphatic rings. The van der Waals surface area contributed by atoms with Gasteiger partial charge < -0.3 is 9.84 Å². The number of halogens is 6. The fourth-order valence-corrected chi connectivity index (χ4v) is 4.53. The first-order valence-electron chi connectivity index (χ1n) is 11.8. The van der Waals surface area contributed by atoms with Gasteiger partial charge in [-0.25, -0.2) is 4.79 Å². The Morgan fingerprint density at radius 1 is 0.944 bits per heavy atom. The SMILES string of the molecule is CCC(CC)Oc1cc2c(cc1C(C)N(Cc1cc(C(F)(F)F)cc(C(F)(F)F)c1)C(=O)O)CCC2. The van der Waals surface area contributed by atoms with Crippen molar-refractivity contribution in [3.05, 3.63) is 63.7 Å². The van der Waals surface area contributed by atoms with Crippen molar-refractivity contribution < 1.29 is 41.0 Å². The van der Waals surface area contributed by atoms with Crippen molar-refractivity contribution >= 4 is 6.09 Å². The van der Waals surface area contributed by atoms with Gasteiger partial charge in [-0.1, -0.05) is 13.8 Å². The van der Waals surface area contributed by atoms with Crippen molar-refractivity contribution in [1.82, 2.24) is 4.90 Å². The van der Waals surface area contributed by atoms with Crippen LogP contribution in [0.4, 0.5) is 31.1 Å². The summed E-state index contributed by atoms with van der Waals surface area (Å²) in [5.74, 6) is 0.489. The summed E-state index contributed by atoms with van der Waals surface area (Å²) in [6, 6.07) is 4.00. The molecule has 1 unspecified atom stereocenters. The lowest BCUT2D eigenvalue weighted by Gasteiger charge is -2.30. The van der Waals surface area contributed by atoms with Crippen molar-refractivity contribution in [2.75, 3.05) is 0 Å². The van der Waals surface area contributed by atoms with Gasteiger partial charge in [0, 0.05) is 12.1 Å². The molecule has 2 aromatic carbocycles. The summed E-state index contributed by atoms with van der Waals surface area (Å²) >= 11 is 0. The lowest BCUT2D eigenvalue weighted by Crippen LogP contribution is -2.32. The Bertz CT molecular complexity index is 1060. The number of alkyl halides is 6. The number of aryl methyl sites for hydroxylation is 2. The average Bonchev–Trinajstić information content (AvgIpc) is 3.25. The fraction of sp³-hybridized carbons (Fsp3) is 0.500. The third-order valence-corrected chi connectivity index (χ3v) is 6.59. The van der Waals surface area contributed by atoms with Gasteiger partial charge in [0.05, 0.1) is 23.3 Å². The molecule has 198 valence electrons. The average molecular weight is 518 g/mol. The normalized spacial score (nSPS) is 14.6. The van der Waals surface area contributed by atoms with E-state index in [-0.39, 0.29) is 12.2 Å². The molecule has 0 heterocycles. The molecule has 1 atom stereocenters. The topological polar surface area (TPSA) is 49.8 Å². The van der Waals surface area contributed by atoms with Gasteiger partial charge in [0.2, 0.25) is 0 Å². The second-order valence-corrected chi connectivity index (χ2v) is 9.07. The van der Waals surface area contributed by atoms with E-state index in [1.54, 1.807) is 6.92 Å². The monoisotopic (exact) mass is 517 g/mol. The third kappa shape index (κ3) is 6.25. The molecule has 1 N–H and O–H groups in total. The number of hydrogen-bond acceptors (Lipinski definition) is 2. The Kier molecular flexibility index (Phi) is 8.15. The molecule has 0 spiro atoms. The van der Waals surface area contributed by atoms with Crippen LogP contribution in [0, 0.1) is 0 Å². The van der Waals surface area contributed by atoms with E-state index < -0.39 is 47.7 Å². The number of amides is 1. The molecular formula is C26H29F6NO3. The Balaban J connectivity index is 2.04. The quantitative estimate of drug-likeness (QED) is 0.361. The molecule has 2 aromatic rings. The first-order valence-corrected chi connectivity index (χ1v) is 11.8. The molecule has 0 aliphatic heterocycles. The summed E-state index contributed by atoms with van der Waals surface area (Å²) in [6.07, 6.45) is -7.60. The van der Waals surface area contributed by atoms with Gasteiger partial charge in [0.25, 0.3) is 0 Å². The predicted molar refractivity (Wildman–Crippen MR) is 122 cm³/mol. The van der Waals surface area contributed by atoms with Crippen LogP contribution >= 0.6 is 0 Å². The van der Waals surface area contributed by atoms with E-state index in [9.17, 15) is 36.2 Å². The molecular weight excluding hydrogens is 488 g/mol. The maximum atomic E-state index is 13.3. The van der Waals surface area contributed by atoms with E-state index in [1.165, 1.54) is 0 Å². The summed E-state index contributed by atoms with van der Waals surface area (Å²) in [4.78, 5) is 13.0. The lowest BCUT2D eigenvalue weighted by atomic mass is 9.98. The van der Waals surface area contributed by atoms with Crippen LogP contribution in [0.1, 0.15) is 79.5 Å². The predicted octanol–water partition coefficient (Wildman–Crippen LogP) is 8.02. The zero-order chi connectivity index (χ0) is 26.8. The summed E-state index contributed by atoms with van der Waals surface area (Å²) < 4.78 is 86.0. The molecule has 4 nitrogen and oxygen atoms in total. The van der Waals surface area contributed by atoms with Crippen molar-refractivity contribution in [3.8, 4) is 5.75 Å². The minimum Gasteiger partial charge on any atom is -0.490 e. The molecule has 0 aromatic heterocycles. The van der Waals surface area contributed by atoms with Crippen LogP contribution in [0.2, 0.25) is 0 Å². The van der Waals surface area contributed by atoms with E-state index in [0.717, 1.165) is 35.3 Å². The zero-order valence-electron chi connectivity index (χ0n) is 20.3. The van der Waals surface area contributed by atoms with Crippen LogP contribution in [0.5, 0.6) is 5.75 Å².